The van der Waals surface area contributed by atoms with Crippen LogP contribution in [0.2, 0.25) is 0 Å². The van der Waals surface area contributed by atoms with Crippen LogP contribution < -0.4 is 0 Å². The molecule has 0 atom stereocenters. The normalized spacial score (nSPS) is 11.1. The summed E-state index contributed by atoms with van der Waals surface area (Å²) in [7, 11) is 0. The number of hydrogen-bond donors (Lipinski definition) is 1. The van der Waals surface area contributed by atoms with E-state index in [1.165, 1.54) is 18.7 Å². The summed E-state index contributed by atoms with van der Waals surface area (Å²) in [6.45, 7) is 7.05. The molecule has 0 bridgehead atoms. The van der Waals surface area contributed by atoms with Gasteiger partial charge in [0.15, 0.2) is 0 Å². The van der Waals surface area contributed by atoms with Gasteiger partial charge >= 0.3 is 5.97 Å². The Bertz CT molecular complexity index is 466. The van der Waals surface area contributed by atoms with Crippen molar-refractivity contribution < 1.29 is 14.7 Å². The number of likely N-dealkylation sites (N-methyl/N-ethyl adjacent to an activating group) is 1. The number of amides is 1. The van der Waals surface area contributed by atoms with Crippen LogP contribution in [0.4, 0.5) is 0 Å². The van der Waals surface area contributed by atoms with E-state index in [0.29, 0.717) is 12.1 Å². The molecule has 0 fully saturated rings. The molecule has 0 unspecified atom stereocenters. The number of carboxylic acids is 1. The summed E-state index contributed by atoms with van der Waals surface area (Å²) in [4.78, 5) is 25.0. The molecule has 0 spiro atoms. The molecule has 4 nitrogen and oxygen atoms in total. The number of aliphatic carboxylic acids is 1. The number of nitrogens with zero attached hydrogens (tertiary/aromatic N) is 1. The van der Waals surface area contributed by atoms with Gasteiger partial charge in [0.05, 0.1) is 0 Å². The summed E-state index contributed by atoms with van der Waals surface area (Å²) in [6, 6.07) is 7.19. The Morgan fingerprint density at radius 2 is 1.83 bits per heavy atom. The Labute approximate surface area is 107 Å². The van der Waals surface area contributed by atoms with Crippen LogP contribution in [0.3, 0.4) is 0 Å². The van der Waals surface area contributed by atoms with E-state index in [4.69, 9.17) is 0 Å². The van der Waals surface area contributed by atoms with E-state index in [-0.39, 0.29) is 5.91 Å². The van der Waals surface area contributed by atoms with Crippen LogP contribution in [0, 0.1) is 6.92 Å². The van der Waals surface area contributed by atoms with Gasteiger partial charge in [-0.3, -0.25) is 4.79 Å². The van der Waals surface area contributed by atoms with Crippen molar-refractivity contribution >= 4 is 11.9 Å². The Kier molecular flexibility index (Phi) is 4.11. The Morgan fingerprint density at radius 3 is 2.28 bits per heavy atom. The summed E-state index contributed by atoms with van der Waals surface area (Å²) < 4.78 is 0. The smallest absolute Gasteiger partial charge is 0.329 e. The van der Waals surface area contributed by atoms with Crippen molar-refractivity contribution in [1.29, 1.82) is 0 Å². The van der Waals surface area contributed by atoms with E-state index in [1.807, 2.05) is 19.1 Å². The van der Waals surface area contributed by atoms with Gasteiger partial charge in [-0.2, -0.15) is 0 Å². The van der Waals surface area contributed by atoms with Gasteiger partial charge in [-0.15, -0.1) is 0 Å². The number of aryl methyl sites for hydroxylation is 1. The van der Waals surface area contributed by atoms with Crippen LogP contribution in [-0.4, -0.2) is 34.0 Å². The Morgan fingerprint density at radius 1 is 1.28 bits per heavy atom. The fourth-order valence-electron chi connectivity index (χ4n) is 1.87. The highest BCUT2D eigenvalue weighted by atomic mass is 16.4. The number of hydrogen-bond acceptors (Lipinski definition) is 2. The first-order valence-corrected chi connectivity index (χ1v) is 5.93. The zero-order valence-corrected chi connectivity index (χ0v) is 11.2. The molecule has 0 saturated heterocycles. The molecule has 1 amide bonds. The lowest BCUT2D eigenvalue weighted by atomic mass is 10.00. The zero-order valence-electron chi connectivity index (χ0n) is 11.2. The predicted molar refractivity (Wildman–Crippen MR) is 69.6 cm³/mol. The SMILES string of the molecule is CCN(C(=O)c1ccccc1C)C(C)(C)C(=O)O. The van der Waals surface area contributed by atoms with Gasteiger partial charge in [-0.05, 0) is 39.3 Å². The molecule has 0 aliphatic heterocycles. The first-order valence-electron chi connectivity index (χ1n) is 5.93. The fraction of sp³-hybridized carbons (Fsp3) is 0.429. The number of carbonyl (C=O) groups is 2. The molecular formula is C14H19NO3. The largest absolute Gasteiger partial charge is 0.480 e. The summed E-state index contributed by atoms with van der Waals surface area (Å²) >= 11 is 0. The molecule has 0 radical (unpaired) electrons. The second-order valence-electron chi connectivity index (χ2n) is 4.73. The molecule has 1 aromatic rings. The lowest BCUT2D eigenvalue weighted by Gasteiger charge is -2.34. The molecule has 0 heterocycles. The molecule has 98 valence electrons. The Hall–Kier alpha value is -1.84. The zero-order chi connectivity index (χ0) is 13.9. The minimum Gasteiger partial charge on any atom is -0.480 e. The predicted octanol–water partition coefficient (Wildman–Crippen LogP) is 2.32. The van der Waals surface area contributed by atoms with Crippen molar-refractivity contribution in [3.8, 4) is 0 Å². The van der Waals surface area contributed by atoms with Crippen molar-refractivity contribution in [3.05, 3.63) is 35.4 Å². The molecule has 0 aliphatic carbocycles. The molecule has 0 aliphatic rings. The maximum Gasteiger partial charge on any atom is 0.329 e. The van der Waals surface area contributed by atoms with Crippen LogP contribution >= 0.6 is 0 Å². The molecule has 18 heavy (non-hydrogen) atoms. The van der Waals surface area contributed by atoms with Crippen LogP contribution in [0.1, 0.15) is 36.7 Å². The monoisotopic (exact) mass is 249 g/mol. The fourth-order valence-corrected chi connectivity index (χ4v) is 1.87. The second-order valence-corrected chi connectivity index (χ2v) is 4.73. The van der Waals surface area contributed by atoms with E-state index in [2.05, 4.69) is 0 Å². The average Bonchev–Trinajstić information content (AvgIpc) is 2.29. The Balaban J connectivity index is 3.16. The van der Waals surface area contributed by atoms with Crippen LogP contribution in [-0.2, 0) is 4.79 Å². The van der Waals surface area contributed by atoms with Gasteiger partial charge in [0.1, 0.15) is 5.54 Å². The number of carbonyl (C=O) groups excluding carboxylic acids is 1. The maximum atomic E-state index is 12.4. The van der Waals surface area contributed by atoms with E-state index in [0.717, 1.165) is 5.56 Å². The lowest BCUT2D eigenvalue weighted by Crippen LogP contribution is -2.53. The molecule has 4 heteroatoms. The molecular weight excluding hydrogens is 230 g/mol. The van der Waals surface area contributed by atoms with Crippen molar-refractivity contribution in [2.45, 2.75) is 33.2 Å². The second kappa shape index (κ2) is 5.21. The lowest BCUT2D eigenvalue weighted by molar-refractivity contribution is -0.147. The third-order valence-electron chi connectivity index (χ3n) is 3.14. The molecule has 0 aromatic heterocycles. The quantitative estimate of drug-likeness (QED) is 0.891. The number of benzene rings is 1. The minimum atomic E-state index is -1.21. The van der Waals surface area contributed by atoms with Crippen molar-refractivity contribution in [2.75, 3.05) is 6.54 Å². The third-order valence-corrected chi connectivity index (χ3v) is 3.14. The first kappa shape index (κ1) is 14.2. The van der Waals surface area contributed by atoms with Crippen molar-refractivity contribution in [1.82, 2.24) is 4.90 Å². The summed E-state index contributed by atoms with van der Waals surface area (Å²) in [5, 5.41) is 9.21. The van der Waals surface area contributed by atoms with E-state index >= 15 is 0 Å². The molecule has 1 rings (SSSR count). The van der Waals surface area contributed by atoms with Gasteiger partial charge < -0.3 is 10.0 Å². The average molecular weight is 249 g/mol. The van der Waals surface area contributed by atoms with Gasteiger partial charge in [0.25, 0.3) is 5.91 Å². The highest BCUT2D eigenvalue weighted by molar-refractivity contribution is 5.98. The standard InChI is InChI=1S/C14H19NO3/c1-5-15(14(3,4)13(17)18)12(16)11-9-7-6-8-10(11)2/h6-9H,5H2,1-4H3,(H,17,18). The first-order chi connectivity index (χ1) is 8.32. The third kappa shape index (κ3) is 2.53. The summed E-state index contributed by atoms with van der Waals surface area (Å²) in [5.41, 5.74) is 0.185. The highest BCUT2D eigenvalue weighted by Gasteiger charge is 2.37. The molecule has 1 N–H and O–H groups in total. The van der Waals surface area contributed by atoms with Crippen LogP contribution in [0.25, 0.3) is 0 Å². The van der Waals surface area contributed by atoms with E-state index in [9.17, 15) is 14.7 Å². The van der Waals surface area contributed by atoms with E-state index < -0.39 is 11.5 Å². The number of carboxylic acid groups (broad SMARTS) is 1. The maximum absolute atomic E-state index is 12.4. The van der Waals surface area contributed by atoms with Gasteiger partial charge in [0, 0.05) is 12.1 Å². The van der Waals surface area contributed by atoms with Crippen molar-refractivity contribution in [3.63, 3.8) is 0 Å². The van der Waals surface area contributed by atoms with Crippen LogP contribution in [0.5, 0.6) is 0 Å². The highest BCUT2D eigenvalue weighted by Crippen LogP contribution is 2.19. The van der Waals surface area contributed by atoms with Gasteiger partial charge in [0.2, 0.25) is 0 Å². The summed E-state index contributed by atoms with van der Waals surface area (Å²) in [6.07, 6.45) is 0. The molecule has 1 aromatic carbocycles. The van der Waals surface area contributed by atoms with Crippen LogP contribution in [0.15, 0.2) is 24.3 Å². The van der Waals surface area contributed by atoms with E-state index in [1.54, 1.807) is 19.1 Å². The van der Waals surface area contributed by atoms with Crippen molar-refractivity contribution in [2.24, 2.45) is 0 Å². The minimum absolute atomic E-state index is 0.247. The summed E-state index contributed by atoms with van der Waals surface area (Å²) in [5.74, 6) is -1.26. The van der Waals surface area contributed by atoms with Gasteiger partial charge in [-0.1, -0.05) is 18.2 Å². The number of rotatable bonds is 4. The molecule has 0 saturated carbocycles. The van der Waals surface area contributed by atoms with Gasteiger partial charge in [-0.25, -0.2) is 4.79 Å². The topological polar surface area (TPSA) is 57.6 Å².